The summed E-state index contributed by atoms with van der Waals surface area (Å²) < 4.78 is 0. The van der Waals surface area contributed by atoms with Gasteiger partial charge in [0.05, 0.1) is 6.04 Å². The summed E-state index contributed by atoms with van der Waals surface area (Å²) in [5, 5.41) is 6.03. The zero-order valence-corrected chi connectivity index (χ0v) is 17.4. The molecule has 0 bridgehead atoms. The van der Waals surface area contributed by atoms with Gasteiger partial charge in [0.25, 0.3) is 5.91 Å². The molecule has 1 atom stereocenters. The topological polar surface area (TPSA) is 78.5 Å². The number of nitrogens with zero attached hydrogens (tertiary/aromatic N) is 1. The van der Waals surface area contributed by atoms with Gasteiger partial charge in [-0.3, -0.25) is 14.5 Å². The molecule has 2 fully saturated rings. The molecule has 2 aliphatic carbocycles. The van der Waals surface area contributed by atoms with Gasteiger partial charge in [-0.1, -0.05) is 57.4 Å². The molecule has 1 saturated heterocycles. The second kappa shape index (κ2) is 7.47. The van der Waals surface area contributed by atoms with Gasteiger partial charge >= 0.3 is 6.03 Å². The summed E-state index contributed by atoms with van der Waals surface area (Å²) in [6, 6.07) is 7.92. The van der Waals surface area contributed by atoms with Crippen molar-refractivity contribution in [3.8, 4) is 0 Å². The molecule has 1 aromatic rings. The lowest BCUT2D eigenvalue weighted by Gasteiger charge is -2.37. The van der Waals surface area contributed by atoms with Gasteiger partial charge in [0.2, 0.25) is 5.91 Å². The summed E-state index contributed by atoms with van der Waals surface area (Å²) in [5.74, 6) is -0.269. The van der Waals surface area contributed by atoms with Crippen molar-refractivity contribution in [2.24, 2.45) is 0 Å². The molecule has 3 aliphatic rings. The van der Waals surface area contributed by atoms with Crippen LogP contribution in [0, 0.1) is 0 Å². The summed E-state index contributed by atoms with van der Waals surface area (Å²) >= 11 is 0. The number of carbonyl (C=O) groups excluding carboxylic acids is 3. The summed E-state index contributed by atoms with van der Waals surface area (Å²) in [7, 11) is 0. The summed E-state index contributed by atoms with van der Waals surface area (Å²) in [5.41, 5.74) is 1.84. The van der Waals surface area contributed by atoms with Crippen LogP contribution in [-0.2, 0) is 15.0 Å². The van der Waals surface area contributed by atoms with Crippen LogP contribution < -0.4 is 10.6 Å². The van der Waals surface area contributed by atoms with Crippen molar-refractivity contribution in [2.75, 3.05) is 6.54 Å². The average molecular weight is 398 g/mol. The van der Waals surface area contributed by atoms with E-state index in [2.05, 4.69) is 36.6 Å². The first kappa shape index (κ1) is 19.9. The highest BCUT2D eigenvalue weighted by Crippen LogP contribution is 2.41. The van der Waals surface area contributed by atoms with Crippen LogP contribution in [0.4, 0.5) is 4.79 Å². The lowest BCUT2D eigenvalue weighted by Crippen LogP contribution is -2.48. The first-order valence-electron chi connectivity index (χ1n) is 10.9. The zero-order valence-electron chi connectivity index (χ0n) is 17.4. The van der Waals surface area contributed by atoms with Crippen molar-refractivity contribution < 1.29 is 14.4 Å². The first-order valence-corrected chi connectivity index (χ1v) is 10.9. The van der Waals surface area contributed by atoms with E-state index in [1.165, 1.54) is 16.0 Å². The Kier molecular flexibility index (Phi) is 5.13. The van der Waals surface area contributed by atoms with E-state index >= 15 is 0 Å². The zero-order chi connectivity index (χ0) is 20.6. The standard InChI is InChI=1S/C23H31N3O3/c1-22(2)14-10-18(16-8-4-5-9-17(16)22)24-19(27)11-15-26-20(28)23(25-21(26)29)12-6-3-7-13-23/h4-5,8-9,18H,3,6-7,10-15H2,1-2H3,(H,24,27)(H,25,29). The van der Waals surface area contributed by atoms with Gasteiger partial charge in [-0.05, 0) is 42.2 Å². The molecule has 6 heteroatoms. The molecule has 1 saturated carbocycles. The largest absolute Gasteiger partial charge is 0.349 e. The SMILES string of the molecule is CC1(C)CCC(NC(=O)CCN2C(=O)NC3(CCCCC3)C2=O)c2ccccc21. The van der Waals surface area contributed by atoms with Crippen molar-refractivity contribution in [2.45, 2.75) is 82.2 Å². The smallest absolute Gasteiger partial charge is 0.325 e. The lowest BCUT2D eigenvalue weighted by molar-refractivity contribution is -0.132. The van der Waals surface area contributed by atoms with Crippen molar-refractivity contribution in [3.63, 3.8) is 0 Å². The number of carbonyl (C=O) groups is 3. The normalized spacial score (nSPS) is 24.9. The van der Waals surface area contributed by atoms with E-state index in [-0.39, 0.29) is 42.3 Å². The summed E-state index contributed by atoms with van der Waals surface area (Å²) in [6.45, 7) is 4.61. The monoisotopic (exact) mass is 397 g/mol. The summed E-state index contributed by atoms with van der Waals surface area (Å²) in [6.07, 6.45) is 6.45. The molecule has 4 amide bonds. The molecule has 0 aromatic heterocycles. The number of benzene rings is 1. The Labute approximate surface area is 172 Å². The average Bonchev–Trinajstić information content (AvgIpc) is 2.92. The first-order chi connectivity index (χ1) is 13.8. The van der Waals surface area contributed by atoms with Gasteiger partial charge in [0.15, 0.2) is 0 Å². The van der Waals surface area contributed by atoms with E-state index < -0.39 is 5.54 Å². The fourth-order valence-electron chi connectivity index (χ4n) is 5.22. The van der Waals surface area contributed by atoms with E-state index in [0.717, 1.165) is 32.1 Å². The molecular weight excluding hydrogens is 366 g/mol. The highest BCUT2D eigenvalue weighted by Gasteiger charge is 2.51. The molecule has 1 aromatic carbocycles. The molecule has 1 aliphatic heterocycles. The molecule has 4 rings (SSSR count). The Hall–Kier alpha value is -2.37. The highest BCUT2D eigenvalue weighted by molar-refractivity contribution is 6.07. The van der Waals surface area contributed by atoms with Crippen molar-refractivity contribution in [3.05, 3.63) is 35.4 Å². The van der Waals surface area contributed by atoms with E-state index in [4.69, 9.17) is 0 Å². The van der Waals surface area contributed by atoms with Crippen LogP contribution in [0.5, 0.6) is 0 Å². The quantitative estimate of drug-likeness (QED) is 0.763. The van der Waals surface area contributed by atoms with Crippen molar-refractivity contribution in [1.82, 2.24) is 15.5 Å². The van der Waals surface area contributed by atoms with Crippen LogP contribution in [0.2, 0.25) is 0 Å². The Balaban J connectivity index is 1.37. The number of amides is 4. The van der Waals surface area contributed by atoms with E-state index in [1.54, 1.807) is 0 Å². The van der Waals surface area contributed by atoms with Crippen LogP contribution in [-0.4, -0.2) is 34.8 Å². The third kappa shape index (κ3) is 3.65. The Morgan fingerprint density at radius 3 is 2.62 bits per heavy atom. The minimum Gasteiger partial charge on any atom is -0.349 e. The van der Waals surface area contributed by atoms with Gasteiger partial charge in [0, 0.05) is 13.0 Å². The lowest BCUT2D eigenvalue weighted by atomic mass is 9.71. The fraction of sp³-hybridized carbons (Fsp3) is 0.609. The predicted octanol–water partition coefficient (Wildman–Crippen LogP) is 3.56. The number of hydrogen-bond acceptors (Lipinski definition) is 3. The van der Waals surface area contributed by atoms with Gasteiger partial charge in [-0.2, -0.15) is 0 Å². The molecule has 6 nitrogen and oxygen atoms in total. The van der Waals surface area contributed by atoms with Gasteiger partial charge in [0.1, 0.15) is 5.54 Å². The van der Waals surface area contributed by atoms with Gasteiger partial charge in [-0.15, -0.1) is 0 Å². The van der Waals surface area contributed by atoms with E-state index in [9.17, 15) is 14.4 Å². The Bertz CT molecular complexity index is 826. The number of rotatable bonds is 4. The number of urea groups is 1. The second-order valence-corrected chi connectivity index (χ2v) is 9.41. The third-order valence-electron chi connectivity index (χ3n) is 6.97. The van der Waals surface area contributed by atoms with Gasteiger partial charge < -0.3 is 10.6 Å². The van der Waals surface area contributed by atoms with Crippen molar-refractivity contribution in [1.29, 1.82) is 0 Å². The maximum absolute atomic E-state index is 12.8. The fourth-order valence-corrected chi connectivity index (χ4v) is 5.22. The van der Waals surface area contributed by atoms with Crippen LogP contribution in [0.1, 0.15) is 82.4 Å². The third-order valence-corrected chi connectivity index (χ3v) is 6.97. The maximum atomic E-state index is 12.8. The molecular formula is C23H31N3O3. The number of nitrogens with one attached hydrogen (secondary N) is 2. The molecule has 1 spiro atoms. The minimum atomic E-state index is -0.723. The molecule has 0 radical (unpaired) electrons. The molecule has 29 heavy (non-hydrogen) atoms. The Morgan fingerprint density at radius 1 is 1.14 bits per heavy atom. The highest BCUT2D eigenvalue weighted by atomic mass is 16.2. The van der Waals surface area contributed by atoms with Crippen LogP contribution in [0.25, 0.3) is 0 Å². The van der Waals surface area contributed by atoms with Gasteiger partial charge in [-0.25, -0.2) is 4.79 Å². The molecule has 2 N–H and O–H groups in total. The number of fused-ring (bicyclic) bond motifs is 1. The Morgan fingerprint density at radius 2 is 1.86 bits per heavy atom. The number of hydrogen-bond donors (Lipinski definition) is 2. The predicted molar refractivity (Wildman–Crippen MR) is 110 cm³/mol. The maximum Gasteiger partial charge on any atom is 0.325 e. The molecule has 1 heterocycles. The number of imide groups is 1. The summed E-state index contributed by atoms with van der Waals surface area (Å²) in [4.78, 5) is 39.1. The van der Waals surface area contributed by atoms with Crippen LogP contribution in [0.3, 0.4) is 0 Å². The van der Waals surface area contributed by atoms with E-state index in [1.807, 2.05) is 12.1 Å². The molecule has 156 valence electrons. The molecule has 1 unspecified atom stereocenters. The van der Waals surface area contributed by atoms with Crippen LogP contribution >= 0.6 is 0 Å². The van der Waals surface area contributed by atoms with Crippen molar-refractivity contribution >= 4 is 17.8 Å². The minimum absolute atomic E-state index is 0.0143. The second-order valence-electron chi connectivity index (χ2n) is 9.41. The van der Waals surface area contributed by atoms with E-state index in [0.29, 0.717) is 12.8 Å². The van der Waals surface area contributed by atoms with Crippen LogP contribution in [0.15, 0.2) is 24.3 Å².